The highest BCUT2D eigenvalue weighted by Crippen LogP contribution is 2.04. The number of primary amides is 3. The summed E-state index contributed by atoms with van der Waals surface area (Å²) in [4.78, 5) is 89.5. The molecule has 0 aliphatic heterocycles. The number of hydrogen-bond donors (Lipinski definition) is 9. The molecular formula is C19H29N9O8. The van der Waals surface area contributed by atoms with Gasteiger partial charge in [-0.15, -0.1) is 0 Å². The van der Waals surface area contributed by atoms with Crippen molar-refractivity contribution in [1.29, 1.82) is 0 Å². The first-order chi connectivity index (χ1) is 16.8. The first kappa shape index (κ1) is 29.5. The van der Waals surface area contributed by atoms with Crippen molar-refractivity contribution in [2.24, 2.45) is 22.9 Å². The standard InChI is InChI=1S/C19H29N9O8/c20-9(3-8-6-24-7-25-8)16(32)26-10(1-2-13(21)29)17(33)27-11(4-14(22)30)18(34)28-12(19(35)36)5-15(23)31/h6-7,9-12H,1-5,20H2,(H2,21,29)(H2,22,30)(H2,23,31)(H,24,25)(H,26,32)(H,27,33)(H,28,34)(H,35,36). The summed E-state index contributed by atoms with van der Waals surface area (Å²) in [5.41, 5.74) is 21.6. The number of imidazole rings is 1. The van der Waals surface area contributed by atoms with Gasteiger partial charge in [-0.05, 0) is 6.42 Å². The molecule has 0 saturated heterocycles. The van der Waals surface area contributed by atoms with Crippen molar-refractivity contribution < 1.29 is 38.7 Å². The number of H-pyrrole nitrogens is 1. The lowest BCUT2D eigenvalue weighted by atomic mass is 10.1. The van der Waals surface area contributed by atoms with Crippen LogP contribution >= 0.6 is 0 Å². The molecule has 6 amide bonds. The van der Waals surface area contributed by atoms with Gasteiger partial charge in [-0.25, -0.2) is 9.78 Å². The van der Waals surface area contributed by atoms with Crippen LogP contribution in [0.5, 0.6) is 0 Å². The van der Waals surface area contributed by atoms with Crippen LogP contribution in [-0.2, 0) is 40.0 Å². The Bertz CT molecular complexity index is 982. The van der Waals surface area contributed by atoms with Crippen molar-refractivity contribution in [2.75, 3.05) is 0 Å². The molecule has 4 unspecified atom stereocenters. The zero-order valence-corrected chi connectivity index (χ0v) is 19.1. The first-order valence-corrected chi connectivity index (χ1v) is 10.5. The molecule has 0 aliphatic carbocycles. The van der Waals surface area contributed by atoms with Crippen molar-refractivity contribution in [1.82, 2.24) is 25.9 Å². The quantitative estimate of drug-likeness (QED) is 0.102. The van der Waals surface area contributed by atoms with Gasteiger partial charge in [0.05, 0.1) is 25.2 Å². The van der Waals surface area contributed by atoms with Gasteiger partial charge in [0.25, 0.3) is 0 Å². The van der Waals surface area contributed by atoms with Crippen LogP contribution in [-0.4, -0.2) is 80.7 Å². The minimum atomic E-state index is -1.74. The van der Waals surface area contributed by atoms with Crippen LogP contribution in [0.3, 0.4) is 0 Å². The molecule has 13 N–H and O–H groups in total. The van der Waals surface area contributed by atoms with Crippen molar-refractivity contribution in [2.45, 2.75) is 56.3 Å². The van der Waals surface area contributed by atoms with Gasteiger partial charge in [-0.3, -0.25) is 28.8 Å². The predicted octanol–water partition coefficient (Wildman–Crippen LogP) is -5.17. The van der Waals surface area contributed by atoms with Crippen LogP contribution in [0.2, 0.25) is 0 Å². The second-order valence-corrected chi connectivity index (χ2v) is 7.76. The molecule has 0 aliphatic rings. The molecule has 17 nitrogen and oxygen atoms in total. The molecule has 0 bridgehead atoms. The van der Waals surface area contributed by atoms with Gasteiger partial charge in [0.15, 0.2) is 0 Å². The second-order valence-electron chi connectivity index (χ2n) is 7.76. The van der Waals surface area contributed by atoms with E-state index in [1.807, 2.05) is 5.32 Å². The molecule has 17 heteroatoms. The lowest BCUT2D eigenvalue weighted by Crippen LogP contribution is -2.58. The Morgan fingerprint density at radius 2 is 1.36 bits per heavy atom. The number of nitrogens with zero attached hydrogens (tertiary/aromatic N) is 1. The Morgan fingerprint density at radius 3 is 1.86 bits per heavy atom. The van der Waals surface area contributed by atoms with Crippen LogP contribution < -0.4 is 38.9 Å². The maximum atomic E-state index is 12.9. The average Bonchev–Trinajstić information content (AvgIpc) is 3.27. The van der Waals surface area contributed by atoms with Crippen LogP contribution in [0, 0.1) is 0 Å². The number of carbonyl (C=O) groups is 7. The molecule has 0 radical (unpaired) electrons. The Kier molecular flexibility index (Phi) is 11.5. The zero-order chi connectivity index (χ0) is 27.4. The number of nitrogens with one attached hydrogen (secondary N) is 4. The number of aliphatic carboxylic acids is 1. The van der Waals surface area contributed by atoms with Gasteiger partial charge in [0.2, 0.25) is 35.4 Å². The number of carbonyl (C=O) groups excluding carboxylic acids is 6. The van der Waals surface area contributed by atoms with E-state index in [4.69, 9.17) is 28.0 Å². The summed E-state index contributed by atoms with van der Waals surface area (Å²) in [5, 5.41) is 15.7. The van der Waals surface area contributed by atoms with E-state index in [0.29, 0.717) is 5.69 Å². The van der Waals surface area contributed by atoms with Crippen molar-refractivity contribution in [3.8, 4) is 0 Å². The monoisotopic (exact) mass is 511 g/mol. The van der Waals surface area contributed by atoms with E-state index in [9.17, 15) is 33.6 Å². The summed E-state index contributed by atoms with van der Waals surface area (Å²) in [5.74, 6) is -7.39. The summed E-state index contributed by atoms with van der Waals surface area (Å²) < 4.78 is 0. The van der Waals surface area contributed by atoms with E-state index in [0.717, 1.165) is 0 Å². The van der Waals surface area contributed by atoms with Crippen LogP contribution in [0.25, 0.3) is 0 Å². The minimum absolute atomic E-state index is 0.0408. The Balaban J connectivity index is 3.00. The van der Waals surface area contributed by atoms with Crippen molar-refractivity contribution in [3.05, 3.63) is 18.2 Å². The molecule has 0 saturated carbocycles. The Morgan fingerprint density at radius 1 is 0.833 bits per heavy atom. The maximum Gasteiger partial charge on any atom is 0.326 e. The van der Waals surface area contributed by atoms with Crippen LogP contribution in [0.4, 0.5) is 0 Å². The highest BCUT2D eigenvalue weighted by molar-refractivity contribution is 5.97. The molecule has 0 fully saturated rings. The normalized spacial score (nSPS) is 13.9. The number of amides is 6. The molecule has 198 valence electrons. The highest BCUT2D eigenvalue weighted by atomic mass is 16.4. The number of rotatable bonds is 16. The molecule has 1 heterocycles. The Labute approximate surface area is 204 Å². The van der Waals surface area contributed by atoms with Crippen LogP contribution in [0.15, 0.2) is 12.5 Å². The van der Waals surface area contributed by atoms with E-state index in [2.05, 4.69) is 20.6 Å². The topological polar surface area (TPSA) is 309 Å². The summed E-state index contributed by atoms with van der Waals surface area (Å²) in [6.45, 7) is 0. The SMILES string of the molecule is NC(=O)CCC(NC(=O)C(N)Cc1cnc[nH]1)C(=O)NC(CC(N)=O)C(=O)NC(CC(N)=O)C(=O)O. The molecule has 1 aromatic heterocycles. The summed E-state index contributed by atoms with van der Waals surface area (Å²) in [7, 11) is 0. The smallest absolute Gasteiger partial charge is 0.326 e. The number of aromatic nitrogens is 2. The number of carboxylic acids is 1. The number of hydrogen-bond acceptors (Lipinski definition) is 9. The average molecular weight is 511 g/mol. The molecular weight excluding hydrogens is 482 g/mol. The fraction of sp³-hybridized carbons (Fsp3) is 0.474. The molecule has 0 spiro atoms. The summed E-state index contributed by atoms with van der Waals surface area (Å²) in [6.07, 6.45) is 0.735. The third kappa shape index (κ3) is 10.6. The fourth-order valence-electron chi connectivity index (χ4n) is 2.92. The van der Waals surface area contributed by atoms with Gasteiger partial charge in [-0.2, -0.15) is 0 Å². The lowest BCUT2D eigenvalue weighted by Gasteiger charge is -2.24. The third-order valence-corrected chi connectivity index (χ3v) is 4.70. The third-order valence-electron chi connectivity index (χ3n) is 4.70. The van der Waals surface area contributed by atoms with E-state index in [1.54, 1.807) is 0 Å². The number of carboxylic acid groups (broad SMARTS) is 1. The number of nitrogens with two attached hydrogens (primary N) is 4. The van der Waals surface area contributed by atoms with E-state index < -0.39 is 78.4 Å². The maximum absolute atomic E-state index is 12.9. The molecule has 1 aromatic rings. The molecule has 36 heavy (non-hydrogen) atoms. The number of aromatic amines is 1. The predicted molar refractivity (Wildman–Crippen MR) is 120 cm³/mol. The molecule has 0 aromatic carbocycles. The lowest BCUT2D eigenvalue weighted by molar-refractivity contribution is -0.144. The summed E-state index contributed by atoms with van der Waals surface area (Å²) in [6, 6.07) is -5.96. The van der Waals surface area contributed by atoms with E-state index in [1.165, 1.54) is 12.5 Å². The van der Waals surface area contributed by atoms with E-state index in [-0.39, 0.29) is 19.3 Å². The minimum Gasteiger partial charge on any atom is -0.480 e. The van der Waals surface area contributed by atoms with Crippen molar-refractivity contribution >= 4 is 41.4 Å². The summed E-state index contributed by atoms with van der Waals surface area (Å²) >= 11 is 0. The fourth-order valence-corrected chi connectivity index (χ4v) is 2.92. The van der Waals surface area contributed by atoms with Gasteiger partial charge < -0.3 is 49.0 Å². The van der Waals surface area contributed by atoms with Gasteiger partial charge in [0, 0.05) is 24.7 Å². The largest absolute Gasteiger partial charge is 0.480 e. The molecule has 4 atom stereocenters. The molecule has 1 rings (SSSR count). The zero-order valence-electron chi connectivity index (χ0n) is 19.1. The first-order valence-electron chi connectivity index (χ1n) is 10.5. The van der Waals surface area contributed by atoms with Crippen LogP contribution in [0.1, 0.15) is 31.4 Å². The Hall–Kier alpha value is -4.54. The van der Waals surface area contributed by atoms with Gasteiger partial charge in [0.1, 0.15) is 18.1 Å². The second kappa shape index (κ2) is 14.0. The van der Waals surface area contributed by atoms with E-state index >= 15 is 0 Å². The van der Waals surface area contributed by atoms with Crippen molar-refractivity contribution in [3.63, 3.8) is 0 Å². The van der Waals surface area contributed by atoms with Gasteiger partial charge in [-0.1, -0.05) is 0 Å². The highest BCUT2D eigenvalue weighted by Gasteiger charge is 2.32. The van der Waals surface area contributed by atoms with Gasteiger partial charge >= 0.3 is 5.97 Å².